The lowest BCUT2D eigenvalue weighted by molar-refractivity contribution is -0.117. The van der Waals surface area contributed by atoms with Crippen molar-refractivity contribution < 1.29 is 14.7 Å². The zero-order chi connectivity index (χ0) is 15.4. The van der Waals surface area contributed by atoms with Crippen molar-refractivity contribution in [3.8, 4) is 0 Å². The van der Waals surface area contributed by atoms with E-state index in [2.05, 4.69) is 5.32 Å². The number of aliphatic hydroxyl groups is 1. The number of thiophene rings is 1. The number of rotatable bonds is 7. The summed E-state index contributed by atoms with van der Waals surface area (Å²) in [6, 6.07) is 3.61. The number of aliphatic hydroxyl groups excluding tert-OH is 1. The van der Waals surface area contributed by atoms with Crippen LogP contribution in [0.2, 0.25) is 0 Å². The van der Waals surface area contributed by atoms with Crippen molar-refractivity contribution in [1.29, 1.82) is 0 Å². The fraction of sp³-hybridized carbons (Fsp3) is 0.600. The normalized spacial score (nSPS) is 14.3. The highest BCUT2D eigenvalue weighted by atomic mass is 32.1. The quantitative estimate of drug-likeness (QED) is 0.812. The molecule has 6 heteroatoms. The van der Waals surface area contributed by atoms with Crippen molar-refractivity contribution in [3.05, 3.63) is 17.0 Å². The monoisotopic (exact) mass is 310 g/mol. The number of amides is 2. The summed E-state index contributed by atoms with van der Waals surface area (Å²) in [5, 5.41) is 12.5. The van der Waals surface area contributed by atoms with E-state index < -0.39 is 0 Å². The number of nitrogens with zero attached hydrogens (tertiary/aromatic N) is 1. The number of carbonyl (C=O) groups excluding carboxylic acids is 2. The van der Waals surface area contributed by atoms with Crippen LogP contribution in [0.4, 0.5) is 5.00 Å². The van der Waals surface area contributed by atoms with Crippen LogP contribution in [-0.4, -0.2) is 41.0 Å². The third-order valence-corrected chi connectivity index (χ3v) is 4.44. The molecule has 5 nitrogen and oxygen atoms in total. The van der Waals surface area contributed by atoms with Crippen LogP contribution in [0, 0.1) is 5.92 Å². The SMILES string of the molecule is CC(C)N(CCCO)C(=O)c1ccc(NC(=O)C2CC2)s1. The Hall–Kier alpha value is -1.40. The second kappa shape index (κ2) is 7.04. The molecule has 0 bridgehead atoms. The highest BCUT2D eigenvalue weighted by Crippen LogP contribution is 2.32. The molecule has 0 atom stereocenters. The lowest BCUT2D eigenvalue weighted by atomic mass is 10.2. The predicted octanol–water partition coefficient (Wildman–Crippen LogP) is 2.33. The molecule has 2 N–H and O–H groups in total. The highest BCUT2D eigenvalue weighted by molar-refractivity contribution is 7.18. The molecule has 116 valence electrons. The van der Waals surface area contributed by atoms with Crippen molar-refractivity contribution in [3.63, 3.8) is 0 Å². The summed E-state index contributed by atoms with van der Waals surface area (Å²) in [6.07, 6.45) is 2.50. The largest absolute Gasteiger partial charge is 0.396 e. The van der Waals surface area contributed by atoms with E-state index in [1.165, 1.54) is 11.3 Å². The molecule has 1 aliphatic rings. The summed E-state index contributed by atoms with van der Waals surface area (Å²) in [5.41, 5.74) is 0. The van der Waals surface area contributed by atoms with Crippen LogP contribution < -0.4 is 5.32 Å². The molecule has 1 saturated carbocycles. The van der Waals surface area contributed by atoms with Gasteiger partial charge < -0.3 is 15.3 Å². The van der Waals surface area contributed by atoms with Crippen molar-refractivity contribution in [2.45, 2.75) is 39.2 Å². The minimum absolute atomic E-state index is 0.0460. The smallest absolute Gasteiger partial charge is 0.264 e. The molecule has 21 heavy (non-hydrogen) atoms. The Kier molecular flexibility index (Phi) is 5.36. The van der Waals surface area contributed by atoms with E-state index in [9.17, 15) is 9.59 Å². The Bertz CT molecular complexity index is 509. The molecule has 1 aromatic heterocycles. The topological polar surface area (TPSA) is 69.6 Å². The van der Waals surface area contributed by atoms with Gasteiger partial charge in [0.25, 0.3) is 5.91 Å². The first-order chi connectivity index (χ1) is 10.0. The predicted molar refractivity (Wildman–Crippen MR) is 83.5 cm³/mol. The maximum atomic E-state index is 12.5. The molecule has 0 aliphatic heterocycles. The Morgan fingerprint density at radius 3 is 2.71 bits per heavy atom. The van der Waals surface area contributed by atoms with E-state index in [1.807, 2.05) is 13.8 Å². The first-order valence-electron chi connectivity index (χ1n) is 7.35. The number of hydrogen-bond acceptors (Lipinski definition) is 4. The molecule has 0 spiro atoms. The Labute approximate surface area is 129 Å². The molecule has 0 aromatic carbocycles. The molecule has 1 heterocycles. The van der Waals surface area contributed by atoms with Crippen LogP contribution in [-0.2, 0) is 4.79 Å². The number of carbonyl (C=O) groups is 2. The maximum absolute atomic E-state index is 12.5. The molecule has 2 amide bonds. The summed E-state index contributed by atoms with van der Waals surface area (Å²) in [5.74, 6) is 0.162. The zero-order valence-corrected chi connectivity index (χ0v) is 13.3. The second-order valence-corrected chi connectivity index (χ2v) is 6.68. The molecule has 0 radical (unpaired) electrons. The molecule has 1 aliphatic carbocycles. The van der Waals surface area contributed by atoms with Gasteiger partial charge in [-0.2, -0.15) is 0 Å². The lowest BCUT2D eigenvalue weighted by Crippen LogP contribution is -2.37. The molecule has 1 aromatic rings. The third-order valence-electron chi connectivity index (χ3n) is 3.45. The maximum Gasteiger partial charge on any atom is 0.264 e. The van der Waals surface area contributed by atoms with E-state index in [-0.39, 0.29) is 30.4 Å². The highest BCUT2D eigenvalue weighted by Gasteiger charge is 2.30. The van der Waals surface area contributed by atoms with Gasteiger partial charge in [0.1, 0.15) is 0 Å². The van der Waals surface area contributed by atoms with Crippen molar-refractivity contribution in [1.82, 2.24) is 4.90 Å². The van der Waals surface area contributed by atoms with E-state index in [0.717, 1.165) is 17.8 Å². The van der Waals surface area contributed by atoms with Crippen LogP contribution in [0.15, 0.2) is 12.1 Å². The minimum atomic E-state index is -0.0460. The van der Waals surface area contributed by atoms with Crippen LogP contribution in [0.3, 0.4) is 0 Å². The van der Waals surface area contributed by atoms with Gasteiger partial charge in [0.05, 0.1) is 9.88 Å². The van der Waals surface area contributed by atoms with E-state index >= 15 is 0 Å². The van der Waals surface area contributed by atoms with Gasteiger partial charge in [-0.15, -0.1) is 11.3 Å². The standard InChI is InChI=1S/C15H22N2O3S/c1-10(2)17(8-3-9-18)15(20)12-6-7-13(21-12)16-14(19)11-4-5-11/h6-7,10-11,18H,3-5,8-9H2,1-2H3,(H,16,19). The molecule has 0 saturated heterocycles. The Balaban J connectivity index is 2.00. The van der Waals surface area contributed by atoms with Gasteiger partial charge in [0, 0.05) is 25.1 Å². The molecular weight excluding hydrogens is 288 g/mol. The Morgan fingerprint density at radius 1 is 1.43 bits per heavy atom. The zero-order valence-electron chi connectivity index (χ0n) is 12.5. The molecule has 2 rings (SSSR count). The first-order valence-corrected chi connectivity index (χ1v) is 8.17. The molecule has 1 fully saturated rings. The van der Waals surface area contributed by atoms with Gasteiger partial charge in [-0.3, -0.25) is 9.59 Å². The summed E-state index contributed by atoms with van der Waals surface area (Å²) in [4.78, 5) is 26.6. The van der Waals surface area contributed by atoms with Gasteiger partial charge >= 0.3 is 0 Å². The van der Waals surface area contributed by atoms with Crippen molar-refractivity contribution >= 4 is 28.2 Å². The summed E-state index contributed by atoms with van der Waals surface area (Å²) >= 11 is 1.31. The second-order valence-electron chi connectivity index (χ2n) is 5.60. The van der Waals surface area contributed by atoms with Crippen molar-refractivity contribution in [2.24, 2.45) is 5.92 Å². The van der Waals surface area contributed by atoms with Gasteiger partial charge in [-0.25, -0.2) is 0 Å². The van der Waals surface area contributed by atoms with Crippen LogP contribution in [0.5, 0.6) is 0 Å². The molecule has 0 unspecified atom stereocenters. The van der Waals surface area contributed by atoms with Crippen LogP contribution in [0.1, 0.15) is 42.8 Å². The minimum Gasteiger partial charge on any atom is -0.396 e. The Morgan fingerprint density at radius 2 is 2.14 bits per heavy atom. The van der Waals surface area contributed by atoms with E-state index in [1.54, 1.807) is 17.0 Å². The fourth-order valence-electron chi connectivity index (χ4n) is 2.07. The number of nitrogens with one attached hydrogen (secondary N) is 1. The number of hydrogen-bond donors (Lipinski definition) is 2. The van der Waals surface area contributed by atoms with E-state index in [0.29, 0.717) is 17.8 Å². The van der Waals surface area contributed by atoms with Gasteiger partial charge in [0.15, 0.2) is 0 Å². The summed E-state index contributed by atoms with van der Waals surface area (Å²) in [6.45, 7) is 4.52. The lowest BCUT2D eigenvalue weighted by Gasteiger charge is -2.25. The van der Waals surface area contributed by atoms with Gasteiger partial charge in [-0.1, -0.05) is 0 Å². The van der Waals surface area contributed by atoms with Crippen molar-refractivity contribution in [2.75, 3.05) is 18.5 Å². The first kappa shape index (κ1) is 16.0. The average molecular weight is 310 g/mol. The number of anilines is 1. The molecular formula is C15H22N2O3S. The summed E-state index contributed by atoms with van der Waals surface area (Å²) < 4.78 is 0. The third kappa shape index (κ3) is 4.28. The van der Waals surface area contributed by atoms with Gasteiger partial charge in [-0.05, 0) is 45.2 Å². The average Bonchev–Trinajstić information content (AvgIpc) is 3.19. The van der Waals surface area contributed by atoms with Gasteiger partial charge in [0.2, 0.25) is 5.91 Å². The summed E-state index contributed by atoms with van der Waals surface area (Å²) in [7, 11) is 0. The van der Waals surface area contributed by atoms with Crippen LogP contribution in [0.25, 0.3) is 0 Å². The van der Waals surface area contributed by atoms with Crippen LogP contribution >= 0.6 is 11.3 Å². The fourth-order valence-corrected chi connectivity index (χ4v) is 2.93. The van der Waals surface area contributed by atoms with E-state index in [4.69, 9.17) is 5.11 Å².